The lowest BCUT2D eigenvalue weighted by molar-refractivity contribution is 0.0597. The third-order valence-corrected chi connectivity index (χ3v) is 3.96. The quantitative estimate of drug-likeness (QED) is 0.561. The molecule has 112 valence electrons. The minimum atomic E-state index is -3.75. The molecular formula is C12H17NO6S. The first-order valence-corrected chi connectivity index (χ1v) is 7.30. The van der Waals surface area contributed by atoms with E-state index < -0.39 is 16.0 Å². The number of phenols is 1. The van der Waals surface area contributed by atoms with Crippen molar-refractivity contribution >= 4 is 16.0 Å². The highest BCUT2D eigenvalue weighted by Crippen LogP contribution is 2.21. The van der Waals surface area contributed by atoms with Gasteiger partial charge in [-0.05, 0) is 24.6 Å². The molecule has 0 saturated heterocycles. The fourth-order valence-corrected chi connectivity index (χ4v) is 2.56. The van der Waals surface area contributed by atoms with Crippen molar-refractivity contribution in [2.24, 2.45) is 0 Å². The molecule has 0 spiro atoms. The molecule has 0 aliphatic heterocycles. The summed E-state index contributed by atoms with van der Waals surface area (Å²) in [6.45, 7) is 0.649. The Kier molecular flexibility index (Phi) is 5.93. The van der Waals surface area contributed by atoms with Crippen LogP contribution in [0.1, 0.15) is 16.8 Å². The van der Waals surface area contributed by atoms with Crippen LogP contribution in [0.3, 0.4) is 0 Å². The van der Waals surface area contributed by atoms with Crippen molar-refractivity contribution in [3.05, 3.63) is 23.8 Å². The van der Waals surface area contributed by atoms with Gasteiger partial charge in [0.1, 0.15) is 11.3 Å². The lowest BCUT2D eigenvalue weighted by atomic mass is 10.2. The lowest BCUT2D eigenvalue weighted by Crippen LogP contribution is -2.25. The number of hydrogen-bond donors (Lipinski definition) is 2. The van der Waals surface area contributed by atoms with Crippen LogP contribution >= 0.6 is 0 Å². The Morgan fingerprint density at radius 1 is 1.35 bits per heavy atom. The van der Waals surface area contributed by atoms with E-state index in [-0.39, 0.29) is 22.8 Å². The predicted molar refractivity (Wildman–Crippen MR) is 71.1 cm³/mol. The molecule has 0 radical (unpaired) electrons. The predicted octanol–water partition coefficient (Wildman–Crippen LogP) is 0.494. The van der Waals surface area contributed by atoms with E-state index in [0.29, 0.717) is 13.0 Å². The highest BCUT2D eigenvalue weighted by atomic mass is 32.2. The van der Waals surface area contributed by atoms with Gasteiger partial charge in [-0.25, -0.2) is 17.9 Å². The number of hydrogen-bond acceptors (Lipinski definition) is 6. The highest BCUT2D eigenvalue weighted by Gasteiger charge is 2.19. The second-order valence-electron chi connectivity index (χ2n) is 3.91. The summed E-state index contributed by atoms with van der Waals surface area (Å²) in [6.07, 6.45) is 0.525. The average molecular weight is 303 g/mol. The van der Waals surface area contributed by atoms with Crippen molar-refractivity contribution in [3.63, 3.8) is 0 Å². The maximum Gasteiger partial charge on any atom is 0.341 e. The van der Waals surface area contributed by atoms with Gasteiger partial charge in [-0.2, -0.15) is 0 Å². The van der Waals surface area contributed by atoms with E-state index in [0.717, 1.165) is 19.2 Å². The second kappa shape index (κ2) is 7.22. The summed E-state index contributed by atoms with van der Waals surface area (Å²) in [6, 6.07) is 3.41. The van der Waals surface area contributed by atoms with Gasteiger partial charge in [0.25, 0.3) is 0 Å². The van der Waals surface area contributed by atoms with Crippen molar-refractivity contribution in [2.75, 3.05) is 27.4 Å². The maximum absolute atomic E-state index is 12.0. The van der Waals surface area contributed by atoms with Gasteiger partial charge >= 0.3 is 5.97 Å². The molecule has 8 heteroatoms. The number of esters is 1. The molecule has 0 fully saturated rings. The van der Waals surface area contributed by atoms with Gasteiger partial charge in [0.2, 0.25) is 10.0 Å². The first-order chi connectivity index (χ1) is 9.42. The van der Waals surface area contributed by atoms with E-state index in [2.05, 4.69) is 9.46 Å². The first-order valence-electron chi connectivity index (χ1n) is 5.82. The fraction of sp³-hybridized carbons (Fsp3) is 0.417. The van der Waals surface area contributed by atoms with Crippen molar-refractivity contribution in [3.8, 4) is 5.75 Å². The molecule has 20 heavy (non-hydrogen) atoms. The molecule has 1 rings (SSSR count). The number of sulfonamides is 1. The van der Waals surface area contributed by atoms with Crippen LogP contribution in [0.15, 0.2) is 23.1 Å². The second-order valence-corrected chi connectivity index (χ2v) is 5.68. The molecule has 2 N–H and O–H groups in total. The Balaban J connectivity index is 2.93. The fourth-order valence-electron chi connectivity index (χ4n) is 1.46. The summed E-state index contributed by atoms with van der Waals surface area (Å²) in [5.41, 5.74) is -0.202. The van der Waals surface area contributed by atoms with Gasteiger partial charge in [0.05, 0.1) is 12.0 Å². The first kappa shape index (κ1) is 16.4. The van der Waals surface area contributed by atoms with Crippen molar-refractivity contribution in [2.45, 2.75) is 11.3 Å². The number of aromatic hydroxyl groups is 1. The molecule has 0 aliphatic rings. The topological polar surface area (TPSA) is 102 Å². The molecule has 0 unspecified atom stereocenters. The van der Waals surface area contributed by atoms with Gasteiger partial charge in [-0.3, -0.25) is 0 Å². The van der Waals surface area contributed by atoms with E-state index >= 15 is 0 Å². The normalized spacial score (nSPS) is 11.3. The molecule has 0 heterocycles. The standard InChI is InChI=1S/C12H17NO6S/c1-18-7-3-6-13-20(16,17)9-4-5-11(14)10(8-9)12(15)19-2/h4-5,8,13-14H,3,6-7H2,1-2H3. The van der Waals surface area contributed by atoms with Crippen LogP contribution in [0.4, 0.5) is 0 Å². The zero-order valence-corrected chi connectivity index (χ0v) is 12.1. The summed E-state index contributed by atoms with van der Waals surface area (Å²) < 4.78 is 35.6. The minimum Gasteiger partial charge on any atom is -0.507 e. The van der Waals surface area contributed by atoms with Crippen molar-refractivity contribution in [1.29, 1.82) is 0 Å². The van der Waals surface area contributed by atoms with E-state index in [4.69, 9.17) is 4.74 Å². The van der Waals surface area contributed by atoms with E-state index in [9.17, 15) is 18.3 Å². The number of carbonyl (C=O) groups excluding carboxylic acids is 1. The van der Waals surface area contributed by atoms with Crippen LogP contribution in [0.5, 0.6) is 5.75 Å². The van der Waals surface area contributed by atoms with Crippen LogP contribution in [0.2, 0.25) is 0 Å². The van der Waals surface area contributed by atoms with Gasteiger partial charge in [-0.1, -0.05) is 0 Å². The van der Waals surface area contributed by atoms with E-state index in [1.807, 2.05) is 0 Å². The summed E-state index contributed by atoms with van der Waals surface area (Å²) in [5.74, 6) is -1.14. The van der Waals surface area contributed by atoms with Crippen LogP contribution in [0, 0.1) is 0 Å². The van der Waals surface area contributed by atoms with Crippen LogP contribution in [-0.4, -0.2) is 46.9 Å². The maximum atomic E-state index is 12.0. The number of methoxy groups -OCH3 is 2. The van der Waals surface area contributed by atoms with Crippen LogP contribution < -0.4 is 4.72 Å². The third-order valence-electron chi connectivity index (χ3n) is 2.50. The number of nitrogens with one attached hydrogen (secondary N) is 1. The summed E-state index contributed by atoms with van der Waals surface area (Å²) >= 11 is 0. The molecule has 1 aromatic carbocycles. The van der Waals surface area contributed by atoms with Gasteiger partial charge in [0, 0.05) is 20.3 Å². The number of benzene rings is 1. The molecule has 7 nitrogen and oxygen atoms in total. The Morgan fingerprint density at radius 2 is 2.05 bits per heavy atom. The number of rotatable bonds is 7. The summed E-state index contributed by atoms with van der Waals surface area (Å²) in [5, 5.41) is 9.52. The lowest BCUT2D eigenvalue weighted by Gasteiger charge is -2.08. The van der Waals surface area contributed by atoms with Crippen LogP contribution in [0.25, 0.3) is 0 Å². The number of phenolic OH excluding ortho intramolecular Hbond substituents is 1. The van der Waals surface area contributed by atoms with Gasteiger partial charge in [-0.15, -0.1) is 0 Å². The number of carbonyl (C=O) groups is 1. The Morgan fingerprint density at radius 3 is 2.65 bits per heavy atom. The Bertz CT molecular complexity index is 569. The van der Waals surface area contributed by atoms with E-state index in [1.165, 1.54) is 13.2 Å². The average Bonchev–Trinajstić information content (AvgIpc) is 2.43. The molecule has 0 amide bonds. The zero-order valence-electron chi connectivity index (χ0n) is 11.3. The van der Waals surface area contributed by atoms with Crippen molar-refractivity contribution < 1.29 is 27.8 Å². The monoisotopic (exact) mass is 303 g/mol. The summed E-state index contributed by atoms with van der Waals surface area (Å²) in [7, 11) is -1.08. The Hall–Kier alpha value is -1.64. The van der Waals surface area contributed by atoms with Gasteiger partial charge in [0.15, 0.2) is 0 Å². The number of ether oxygens (including phenoxy) is 2. The zero-order chi connectivity index (χ0) is 15.2. The molecule has 0 aliphatic carbocycles. The smallest absolute Gasteiger partial charge is 0.341 e. The highest BCUT2D eigenvalue weighted by molar-refractivity contribution is 7.89. The molecule has 0 bridgehead atoms. The summed E-state index contributed by atoms with van der Waals surface area (Å²) in [4.78, 5) is 11.3. The van der Waals surface area contributed by atoms with Gasteiger partial charge < -0.3 is 14.6 Å². The molecular weight excluding hydrogens is 286 g/mol. The molecule has 0 aromatic heterocycles. The van der Waals surface area contributed by atoms with Crippen molar-refractivity contribution in [1.82, 2.24) is 4.72 Å². The molecule has 0 saturated carbocycles. The third kappa shape index (κ3) is 4.19. The SMILES string of the molecule is COCCCNS(=O)(=O)c1ccc(O)c(C(=O)OC)c1. The molecule has 0 atom stereocenters. The van der Waals surface area contributed by atoms with E-state index in [1.54, 1.807) is 0 Å². The Labute approximate surface area is 117 Å². The van der Waals surface area contributed by atoms with Crippen LogP contribution in [-0.2, 0) is 19.5 Å². The largest absolute Gasteiger partial charge is 0.507 e. The molecule has 1 aromatic rings. The minimum absolute atomic E-state index is 0.117.